The van der Waals surface area contributed by atoms with Gasteiger partial charge in [0.15, 0.2) is 10.8 Å². The van der Waals surface area contributed by atoms with Gasteiger partial charge in [-0.25, -0.2) is 0 Å². The minimum Gasteiger partial charge on any atom is -0.336 e. The van der Waals surface area contributed by atoms with E-state index in [2.05, 4.69) is 21.6 Å². The number of fused-ring (bicyclic) bond motifs is 3. The topological polar surface area (TPSA) is 79.6 Å². The number of aromatic nitrogens is 3. The Bertz CT molecular complexity index is 1290. The van der Waals surface area contributed by atoms with Gasteiger partial charge in [0, 0.05) is 12.4 Å². The number of benzene rings is 2. The number of hydrogen-bond donors (Lipinski definition) is 1. The second-order valence-electron chi connectivity index (χ2n) is 7.09. The molecule has 0 aliphatic rings. The van der Waals surface area contributed by atoms with Crippen LogP contribution in [0.1, 0.15) is 5.56 Å². The molecule has 0 atom stereocenters. The maximum Gasteiger partial charge on any atom is 0.244 e. The molecule has 4 rings (SSSR count). The number of aryl methyl sites for hydroxylation is 1. The van der Waals surface area contributed by atoms with E-state index >= 15 is 0 Å². The van der Waals surface area contributed by atoms with Gasteiger partial charge in [0.2, 0.25) is 11.8 Å². The van der Waals surface area contributed by atoms with E-state index in [4.69, 9.17) is 11.6 Å². The van der Waals surface area contributed by atoms with Crippen LogP contribution < -0.4 is 5.32 Å². The van der Waals surface area contributed by atoms with Gasteiger partial charge in [-0.3, -0.25) is 14.0 Å². The highest BCUT2D eigenvalue weighted by Gasteiger charge is 2.17. The number of carbonyl (C=O) groups is 2. The molecule has 2 heterocycles. The first-order valence-corrected chi connectivity index (χ1v) is 10.9. The Morgan fingerprint density at radius 3 is 2.68 bits per heavy atom. The zero-order valence-electron chi connectivity index (χ0n) is 17.0. The minimum atomic E-state index is -0.316. The smallest absolute Gasteiger partial charge is 0.244 e. The lowest BCUT2D eigenvalue weighted by molar-refractivity contribution is -0.131. The number of amides is 2. The highest BCUT2D eigenvalue weighted by Crippen LogP contribution is 2.26. The molecule has 0 saturated heterocycles. The molecular weight excluding hydrogens is 434 g/mol. The van der Waals surface area contributed by atoms with Crippen LogP contribution in [0, 0.1) is 6.92 Å². The zero-order chi connectivity index (χ0) is 22.0. The normalized spacial score (nSPS) is 11.1. The fraction of sp³-hybridized carbons (Fsp3) is 0.182. The van der Waals surface area contributed by atoms with E-state index in [9.17, 15) is 9.59 Å². The molecule has 2 amide bonds. The maximum absolute atomic E-state index is 12.6. The molecule has 0 bridgehead atoms. The summed E-state index contributed by atoms with van der Waals surface area (Å²) in [6.07, 6.45) is 0. The fourth-order valence-corrected chi connectivity index (χ4v) is 4.34. The van der Waals surface area contributed by atoms with Crippen LogP contribution in [0.15, 0.2) is 59.8 Å². The third-order valence-corrected chi connectivity index (χ3v) is 6.10. The van der Waals surface area contributed by atoms with Crippen LogP contribution in [0.25, 0.3) is 16.6 Å². The lowest BCUT2D eigenvalue weighted by Gasteiger charge is -2.17. The third kappa shape index (κ3) is 4.50. The number of carbonyl (C=O) groups excluding carboxylic acids is 2. The second kappa shape index (κ2) is 8.95. The van der Waals surface area contributed by atoms with Crippen molar-refractivity contribution in [3.63, 3.8) is 0 Å². The van der Waals surface area contributed by atoms with Gasteiger partial charge in [-0.15, -0.1) is 10.2 Å². The number of anilines is 1. The van der Waals surface area contributed by atoms with Gasteiger partial charge in [-0.1, -0.05) is 53.7 Å². The van der Waals surface area contributed by atoms with Crippen molar-refractivity contribution in [2.45, 2.75) is 12.1 Å². The molecule has 2 aromatic carbocycles. The van der Waals surface area contributed by atoms with Gasteiger partial charge < -0.3 is 10.2 Å². The Morgan fingerprint density at radius 2 is 1.87 bits per heavy atom. The second-order valence-corrected chi connectivity index (χ2v) is 8.44. The predicted octanol–water partition coefficient (Wildman–Crippen LogP) is 4.03. The summed E-state index contributed by atoms with van der Waals surface area (Å²) < 4.78 is 1.95. The zero-order valence-corrected chi connectivity index (χ0v) is 18.6. The van der Waals surface area contributed by atoms with Gasteiger partial charge in [0.1, 0.15) is 0 Å². The van der Waals surface area contributed by atoms with E-state index in [-0.39, 0.29) is 24.1 Å². The molecule has 9 heteroatoms. The van der Waals surface area contributed by atoms with Crippen LogP contribution in [0.2, 0.25) is 5.02 Å². The molecule has 0 fully saturated rings. The van der Waals surface area contributed by atoms with Crippen LogP contribution in [0.5, 0.6) is 0 Å². The molecule has 158 valence electrons. The van der Waals surface area contributed by atoms with Gasteiger partial charge >= 0.3 is 0 Å². The highest BCUT2D eigenvalue weighted by atomic mass is 35.5. The molecule has 0 radical (unpaired) electrons. The summed E-state index contributed by atoms with van der Waals surface area (Å²) in [6, 6.07) is 17.0. The van der Waals surface area contributed by atoms with Crippen molar-refractivity contribution in [1.82, 2.24) is 19.5 Å². The first-order valence-electron chi connectivity index (χ1n) is 9.58. The molecule has 7 nitrogen and oxygen atoms in total. The van der Waals surface area contributed by atoms with Gasteiger partial charge in [0.05, 0.1) is 28.5 Å². The van der Waals surface area contributed by atoms with Crippen molar-refractivity contribution in [2.75, 3.05) is 24.7 Å². The van der Waals surface area contributed by atoms with E-state index in [1.54, 1.807) is 31.3 Å². The number of rotatable bonds is 6. The van der Waals surface area contributed by atoms with E-state index in [0.717, 1.165) is 22.1 Å². The number of hydrogen-bond acceptors (Lipinski definition) is 5. The summed E-state index contributed by atoms with van der Waals surface area (Å²) in [7, 11) is 1.59. The SMILES string of the molecule is Cc1cc2nnc(SCC(=O)N(C)CC(=O)Nc3ccccc3Cl)n2c2ccccc12. The van der Waals surface area contributed by atoms with Crippen LogP contribution in [-0.2, 0) is 9.59 Å². The fourth-order valence-electron chi connectivity index (χ4n) is 3.26. The first kappa shape index (κ1) is 21.1. The number of halogens is 1. The Balaban J connectivity index is 1.43. The van der Waals surface area contributed by atoms with Crippen molar-refractivity contribution in [3.05, 3.63) is 65.2 Å². The van der Waals surface area contributed by atoms with E-state index in [0.29, 0.717) is 15.9 Å². The predicted molar refractivity (Wildman–Crippen MR) is 124 cm³/mol. The molecule has 2 aromatic heterocycles. The Hall–Kier alpha value is -3.10. The molecular formula is C22H20ClN5O2S. The minimum absolute atomic E-state index is 0.0761. The molecule has 0 saturated carbocycles. The van der Waals surface area contributed by atoms with Gasteiger partial charge in [0.25, 0.3) is 0 Å². The average Bonchev–Trinajstić information content (AvgIpc) is 3.16. The van der Waals surface area contributed by atoms with Crippen LogP contribution in [0.4, 0.5) is 5.69 Å². The maximum atomic E-state index is 12.6. The summed E-state index contributed by atoms with van der Waals surface area (Å²) in [5, 5.41) is 13.4. The molecule has 0 aliphatic heterocycles. The molecule has 1 N–H and O–H groups in total. The van der Waals surface area contributed by atoms with Gasteiger partial charge in [-0.2, -0.15) is 0 Å². The third-order valence-electron chi connectivity index (χ3n) is 4.85. The van der Waals surface area contributed by atoms with E-state index in [1.165, 1.54) is 16.7 Å². The summed E-state index contributed by atoms with van der Waals surface area (Å²) in [4.78, 5) is 26.2. The number of nitrogens with one attached hydrogen (secondary N) is 1. The van der Waals surface area contributed by atoms with Crippen LogP contribution in [-0.4, -0.2) is 50.7 Å². The summed E-state index contributed by atoms with van der Waals surface area (Å²) in [6.45, 7) is 1.96. The van der Waals surface area contributed by atoms with Gasteiger partial charge in [-0.05, 0) is 36.8 Å². The van der Waals surface area contributed by atoms with E-state index < -0.39 is 0 Å². The van der Waals surface area contributed by atoms with E-state index in [1.807, 2.05) is 35.6 Å². The summed E-state index contributed by atoms with van der Waals surface area (Å²) in [5.74, 6) is -0.366. The summed E-state index contributed by atoms with van der Waals surface area (Å²) in [5.41, 5.74) is 3.36. The molecule has 0 spiro atoms. The Morgan fingerprint density at radius 1 is 1.13 bits per heavy atom. The first-order chi connectivity index (χ1) is 14.9. The Kier molecular flexibility index (Phi) is 6.11. The summed E-state index contributed by atoms with van der Waals surface area (Å²) >= 11 is 7.35. The average molecular weight is 454 g/mol. The van der Waals surface area contributed by atoms with Crippen LogP contribution in [0.3, 0.4) is 0 Å². The van der Waals surface area contributed by atoms with Crippen LogP contribution >= 0.6 is 23.4 Å². The monoisotopic (exact) mass is 453 g/mol. The van der Waals surface area contributed by atoms with Crippen molar-refractivity contribution in [3.8, 4) is 0 Å². The lowest BCUT2D eigenvalue weighted by atomic mass is 10.1. The lowest BCUT2D eigenvalue weighted by Crippen LogP contribution is -2.36. The molecule has 4 aromatic rings. The number of para-hydroxylation sites is 2. The van der Waals surface area contributed by atoms with Crippen molar-refractivity contribution >= 4 is 57.4 Å². The number of nitrogens with zero attached hydrogens (tertiary/aromatic N) is 4. The van der Waals surface area contributed by atoms with Crippen molar-refractivity contribution in [1.29, 1.82) is 0 Å². The number of likely N-dealkylation sites (N-methyl/N-ethyl adjacent to an activating group) is 1. The molecule has 0 aliphatic carbocycles. The standard InChI is InChI=1S/C22H20ClN5O2S/c1-14-11-19-25-26-22(28(19)18-10-6-3-7-15(14)18)31-13-21(30)27(2)12-20(29)24-17-9-5-4-8-16(17)23/h3-11H,12-13H2,1-2H3,(H,24,29). The van der Waals surface area contributed by atoms with Crippen molar-refractivity contribution in [2.24, 2.45) is 0 Å². The quantitative estimate of drug-likeness (QED) is 0.446. The number of thioether (sulfide) groups is 1. The largest absolute Gasteiger partial charge is 0.336 e. The number of pyridine rings is 1. The molecule has 0 unspecified atom stereocenters. The van der Waals surface area contributed by atoms with Crippen molar-refractivity contribution < 1.29 is 9.59 Å². The molecule has 31 heavy (non-hydrogen) atoms. The highest BCUT2D eigenvalue weighted by molar-refractivity contribution is 7.99. The Labute approximate surface area is 188 Å².